The Bertz CT molecular complexity index is 1060. The average molecular weight is 517 g/mol. The van der Waals surface area contributed by atoms with E-state index in [1.54, 1.807) is 0 Å². The van der Waals surface area contributed by atoms with Crippen molar-refractivity contribution in [1.29, 1.82) is 0 Å². The Morgan fingerprint density at radius 1 is 0.684 bits per heavy atom. The summed E-state index contributed by atoms with van der Waals surface area (Å²) >= 11 is 0. The van der Waals surface area contributed by atoms with Gasteiger partial charge >= 0.3 is 5.97 Å². The number of unbranched alkanes of at least 4 members (excludes halogenated alkanes) is 8. The Balaban J connectivity index is 1.47. The van der Waals surface area contributed by atoms with Crippen LogP contribution in [0.5, 0.6) is 11.5 Å². The number of carbonyl (C=O) groups excluding carboxylic acids is 1. The van der Waals surface area contributed by atoms with E-state index in [2.05, 4.69) is 23.8 Å². The highest BCUT2D eigenvalue weighted by atomic mass is 16.5. The van der Waals surface area contributed by atoms with Crippen molar-refractivity contribution in [3.63, 3.8) is 0 Å². The summed E-state index contributed by atoms with van der Waals surface area (Å²) in [6.07, 6.45) is 16.7. The van der Waals surface area contributed by atoms with Crippen molar-refractivity contribution in [1.82, 2.24) is 9.97 Å². The third-order valence-corrected chi connectivity index (χ3v) is 6.83. The van der Waals surface area contributed by atoms with Crippen LogP contribution in [0.25, 0.3) is 22.5 Å². The number of rotatable bonds is 17. The minimum Gasteiger partial charge on any atom is -0.494 e. The summed E-state index contributed by atoms with van der Waals surface area (Å²) < 4.78 is 11.5. The van der Waals surface area contributed by atoms with Crippen molar-refractivity contribution in [2.24, 2.45) is 5.92 Å². The molecular weight excluding hydrogens is 472 g/mol. The molecule has 2 aromatic carbocycles. The van der Waals surface area contributed by atoms with Gasteiger partial charge in [0.2, 0.25) is 0 Å². The minimum atomic E-state index is -0.166. The number of ether oxygens (including phenoxy) is 2. The van der Waals surface area contributed by atoms with E-state index in [-0.39, 0.29) is 11.9 Å². The lowest BCUT2D eigenvalue weighted by Gasteiger charge is -2.11. The molecule has 0 aliphatic heterocycles. The van der Waals surface area contributed by atoms with E-state index >= 15 is 0 Å². The van der Waals surface area contributed by atoms with Crippen molar-refractivity contribution in [2.45, 2.75) is 91.4 Å². The molecule has 1 unspecified atom stereocenters. The summed E-state index contributed by atoms with van der Waals surface area (Å²) in [4.78, 5) is 21.5. The summed E-state index contributed by atoms with van der Waals surface area (Å²) in [7, 11) is 0. The van der Waals surface area contributed by atoms with Crippen molar-refractivity contribution in [3.05, 3.63) is 60.9 Å². The molecule has 0 bridgehead atoms. The number of hydrogen-bond donors (Lipinski definition) is 0. The Kier molecular flexibility index (Phi) is 12.8. The summed E-state index contributed by atoms with van der Waals surface area (Å²) in [5, 5.41) is 0. The van der Waals surface area contributed by atoms with E-state index in [4.69, 9.17) is 9.47 Å². The lowest BCUT2D eigenvalue weighted by Crippen LogP contribution is -2.17. The second-order valence-electron chi connectivity index (χ2n) is 10.1. The molecule has 3 aromatic rings. The molecule has 0 fully saturated rings. The molecule has 38 heavy (non-hydrogen) atoms. The largest absolute Gasteiger partial charge is 0.494 e. The number of carbonyl (C=O) groups is 1. The molecule has 1 aromatic heterocycles. The molecule has 5 nitrogen and oxygen atoms in total. The molecule has 0 N–H and O–H groups in total. The SMILES string of the molecule is CCCCCCCCOc1ccc(-c2ncc(-c3ccc(OC(=O)C(C)CCCCCC)cc3)cn2)cc1. The van der Waals surface area contributed by atoms with Crippen LogP contribution in [-0.2, 0) is 4.79 Å². The predicted octanol–water partition coefficient (Wildman–Crippen LogP) is 9.06. The second kappa shape index (κ2) is 16.6. The van der Waals surface area contributed by atoms with Gasteiger partial charge in [-0.2, -0.15) is 0 Å². The van der Waals surface area contributed by atoms with E-state index in [1.165, 1.54) is 51.4 Å². The van der Waals surface area contributed by atoms with Gasteiger partial charge in [-0.05, 0) is 54.8 Å². The third kappa shape index (κ3) is 9.92. The van der Waals surface area contributed by atoms with Gasteiger partial charge in [0, 0.05) is 23.5 Å². The maximum atomic E-state index is 12.4. The van der Waals surface area contributed by atoms with Crippen LogP contribution in [0.15, 0.2) is 60.9 Å². The highest BCUT2D eigenvalue weighted by molar-refractivity contribution is 5.75. The van der Waals surface area contributed by atoms with E-state index < -0.39 is 0 Å². The number of benzene rings is 2. The quantitative estimate of drug-likeness (QED) is 0.102. The molecule has 0 saturated heterocycles. The zero-order valence-electron chi connectivity index (χ0n) is 23.5. The van der Waals surface area contributed by atoms with Crippen LogP contribution >= 0.6 is 0 Å². The van der Waals surface area contributed by atoms with Crippen molar-refractivity contribution in [2.75, 3.05) is 6.61 Å². The highest BCUT2D eigenvalue weighted by Gasteiger charge is 2.15. The second-order valence-corrected chi connectivity index (χ2v) is 10.1. The zero-order valence-corrected chi connectivity index (χ0v) is 23.5. The van der Waals surface area contributed by atoms with Gasteiger partial charge in [0.15, 0.2) is 5.82 Å². The zero-order chi connectivity index (χ0) is 27.0. The molecule has 0 spiro atoms. The lowest BCUT2D eigenvalue weighted by atomic mass is 10.0. The fourth-order valence-corrected chi connectivity index (χ4v) is 4.33. The normalized spacial score (nSPS) is 11.8. The highest BCUT2D eigenvalue weighted by Crippen LogP contribution is 2.25. The van der Waals surface area contributed by atoms with Gasteiger partial charge in [0.1, 0.15) is 11.5 Å². The lowest BCUT2D eigenvalue weighted by molar-refractivity contribution is -0.138. The maximum Gasteiger partial charge on any atom is 0.314 e. The van der Waals surface area contributed by atoms with Gasteiger partial charge < -0.3 is 9.47 Å². The van der Waals surface area contributed by atoms with Gasteiger partial charge in [0.05, 0.1) is 12.5 Å². The van der Waals surface area contributed by atoms with Gasteiger partial charge in [-0.25, -0.2) is 9.97 Å². The van der Waals surface area contributed by atoms with Crippen LogP contribution < -0.4 is 9.47 Å². The monoisotopic (exact) mass is 516 g/mol. The van der Waals surface area contributed by atoms with E-state index in [9.17, 15) is 4.79 Å². The van der Waals surface area contributed by atoms with Crippen molar-refractivity contribution in [3.8, 4) is 34.0 Å². The molecule has 5 heteroatoms. The summed E-state index contributed by atoms with van der Waals surface area (Å²) in [6.45, 7) is 7.13. The van der Waals surface area contributed by atoms with Gasteiger partial charge in [0.25, 0.3) is 0 Å². The average Bonchev–Trinajstić information content (AvgIpc) is 2.95. The van der Waals surface area contributed by atoms with Crippen LogP contribution in [0.1, 0.15) is 91.4 Å². The summed E-state index contributed by atoms with van der Waals surface area (Å²) in [5.41, 5.74) is 2.84. The fraction of sp³-hybridized carbons (Fsp3) is 0.485. The topological polar surface area (TPSA) is 61.3 Å². The molecular formula is C33H44N2O3. The van der Waals surface area contributed by atoms with Crippen molar-refractivity contribution < 1.29 is 14.3 Å². The standard InChI is InChI=1S/C33H44N2O3/c1-4-6-8-10-11-13-23-37-30-19-17-28(18-20-30)32-34-24-29(25-35-32)27-15-21-31(22-16-27)38-33(36)26(3)14-12-9-7-5-2/h15-22,24-26H,4-14,23H2,1-3H3. The fourth-order valence-electron chi connectivity index (χ4n) is 4.33. The van der Waals surface area contributed by atoms with E-state index in [0.29, 0.717) is 11.6 Å². The summed E-state index contributed by atoms with van der Waals surface area (Å²) in [5.74, 6) is 1.87. The van der Waals surface area contributed by atoms with Gasteiger partial charge in [-0.15, -0.1) is 0 Å². The van der Waals surface area contributed by atoms with Gasteiger partial charge in [-0.3, -0.25) is 4.79 Å². The molecule has 0 saturated carbocycles. The Hall–Kier alpha value is -3.21. The molecule has 1 heterocycles. The third-order valence-electron chi connectivity index (χ3n) is 6.83. The Morgan fingerprint density at radius 2 is 1.24 bits per heavy atom. The molecule has 0 radical (unpaired) electrons. The van der Waals surface area contributed by atoms with Crippen LogP contribution in [-0.4, -0.2) is 22.5 Å². The maximum absolute atomic E-state index is 12.4. The summed E-state index contributed by atoms with van der Waals surface area (Å²) in [6, 6.07) is 15.5. The molecule has 1 atom stereocenters. The van der Waals surface area contributed by atoms with Gasteiger partial charge in [-0.1, -0.05) is 90.7 Å². The Morgan fingerprint density at radius 3 is 1.89 bits per heavy atom. The smallest absolute Gasteiger partial charge is 0.314 e. The van der Waals surface area contributed by atoms with E-state index in [1.807, 2.05) is 67.8 Å². The van der Waals surface area contributed by atoms with Crippen LogP contribution in [0, 0.1) is 5.92 Å². The molecule has 204 valence electrons. The number of nitrogens with zero attached hydrogens (tertiary/aromatic N) is 2. The number of hydrogen-bond acceptors (Lipinski definition) is 5. The first-order chi connectivity index (χ1) is 18.6. The minimum absolute atomic E-state index is 0.0894. The molecule has 0 aliphatic carbocycles. The number of esters is 1. The predicted molar refractivity (Wildman–Crippen MR) is 155 cm³/mol. The van der Waals surface area contributed by atoms with Crippen LogP contribution in [0.2, 0.25) is 0 Å². The van der Waals surface area contributed by atoms with Crippen LogP contribution in [0.4, 0.5) is 0 Å². The molecule has 0 aliphatic rings. The van der Waals surface area contributed by atoms with Crippen LogP contribution in [0.3, 0.4) is 0 Å². The Labute approximate surface area is 229 Å². The van der Waals surface area contributed by atoms with Crippen molar-refractivity contribution >= 4 is 5.97 Å². The van der Waals surface area contributed by atoms with E-state index in [0.717, 1.165) is 48.3 Å². The number of aromatic nitrogens is 2. The molecule has 0 amide bonds. The first-order valence-electron chi connectivity index (χ1n) is 14.5. The first kappa shape index (κ1) is 29.3. The molecule has 3 rings (SSSR count). The first-order valence-corrected chi connectivity index (χ1v) is 14.5.